The molecule has 116 valence electrons. The minimum atomic E-state index is -1.03. The molecule has 0 aliphatic rings. The molecule has 0 atom stereocenters. The predicted octanol–water partition coefficient (Wildman–Crippen LogP) is 1.35. The Labute approximate surface area is 132 Å². The number of hydrogen-bond donors (Lipinski definition) is 2. The van der Waals surface area contributed by atoms with Crippen LogP contribution < -0.4 is 5.73 Å². The van der Waals surface area contributed by atoms with Gasteiger partial charge in [-0.1, -0.05) is 24.3 Å². The van der Waals surface area contributed by atoms with E-state index >= 15 is 0 Å². The van der Waals surface area contributed by atoms with Gasteiger partial charge in [-0.05, 0) is 5.56 Å². The number of benzene rings is 1. The molecule has 0 bridgehead atoms. The summed E-state index contributed by atoms with van der Waals surface area (Å²) in [7, 11) is 1.47. The van der Waals surface area contributed by atoms with Crippen molar-refractivity contribution in [1.29, 1.82) is 0 Å². The Hall–Kier alpha value is -2.25. The standard InChI is InChI=1S/C15H17N3O3S/c1-18(8-14(20)21)13(19)6-12-9-22-15(17-12)11-4-2-10(7-16)3-5-11/h2-5,9H,6-8,16H2,1H3,(H,20,21). The van der Waals surface area contributed by atoms with Gasteiger partial charge in [0.1, 0.15) is 11.6 Å². The van der Waals surface area contributed by atoms with Crippen LogP contribution in [-0.4, -0.2) is 40.5 Å². The molecule has 6 nitrogen and oxygen atoms in total. The lowest BCUT2D eigenvalue weighted by Crippen LogP contribution is -2.33. The molecule has 1 aromatic heterocycles. The number of thiazole rings is 1. The maximum atomic E-state index is 11.9. The monoisotopic (exact) mass is 319 g/mol. The molecule has 22 heavy (non-hydrogen) atoms. The highest BCUT2D eigenvalue weighted by Crippen LogP contribution is 2.24. The van der Waals surface area contributed by atoms with Crippen LogP contribution in [0.1, 0.15) is 11.3 Å². The zero-order valence-corrected chi connectivity index (χ0v) is 13.0. The summed E-state index contributed by atoms with van der Waals surface area (Å²) in [6.07, 6.45) is 0.0984. The number of nitrogens with two attached hydrogens (primary N) is 1. The van der Waals surface area contributed by atoms with Crippen LogP contribution in [0.15, 0.2) is 29.6 Å². The van der Waals surface area contributed by atoms with E-state index < -0.39 is 5.97 Å². The molecule has 1 heterocycles. The second-order valence-corrected chi connectivity index (χ2v) is 5.72. The highest BCUT2D eigenvalue weighted by molar-refractivity contribution is 7.13. The first-order valence-corrected chi connectivity index (χ1v) is 7.57. The number of carbonyl (C=O) groups excluding carboxylic acids is 1. The van der Waals surface area contributed by atoms with Gasteiger partial charge in [-0.15, -0.1) is 11.3 Å². The molecule has 0 aliphatic heterocycles. The van der Waals surface area contributed by atoms with Crippen molar-refractivity contribution in [1.82, 2.24) is 9.88 Å². The Morgan fingerprint density at radius 1 is 1.32 bits per heavy atom. The third-order valence-corrected chi connectivity index (χ3v) is 4.06. The van der Waals surface area contributed by atoms with E-state index in [9.17, 15) is 9.59 Å². The van der Waals surface area contributed by atoms with Crippen LogP contribution in [0.5, 0.6) is 0 Å². The molecule has 0 spiro atoms. The summed E-state index contributed by atoms with van der Waals surface area (Å²) in [6.45, 7) is 0.185. The Morgan fingerprint density at radius 3 is 2.59 bits per heavy atom. The largest absolute Gasteiger partial charge is 0.480 e. The minimum Gasteiger partial charge on any atom is -0.480 e. The maximum absolute atomic E-state index is 11.9. The minimum absolute atomic E-state index is 0.0984. The van der Waals surface area contributed by atoms with E-state index in [2.05, 4.69) is 4.98 Å². The zero-order valence-electron chi connectivity index (χ0n) is 12.2. The van der Waals surface area contributed by atoms with Crippen LogP contribution in [0.2, 0.25) is 0 Å². The van der Waals surface area contributed by atoms with Gasteiger partial charge in [0.05, 0.1) is 12.1 Å². The van der Waals surface area contributed by atoms with Crippen molar-refractivity contribution in [2.75, 3.05) is 13.6 Å². The Balaban J connectivity index is 2.04. The molecule has 2 rings (SSSR count). The quantitative estimate of drug-likeness (QED) is 0.838. The van der Waals surface area contributed by atoms with E-state index in [4.69, 9.17) is 10.8 Å². The average Bonchev–Trinajstić information content (AvgIpc) is 2.95. The SMILES string of the molecule is CN(CC(=O)O)C(=O)Cc1csc(-c2ccc(CN)cc2)n1. The first kappa shape index (κ1) is 16.1. The molecule has 7 heteroatoms. The number of carbonyl (C=O) groups is 2. The molecule has 0 radical (unpaired) electrons. The number of carboxylic acids is 1. The van der Waals surface area contributed by atoms with E-state index in [-0.39, 0.29) is 18.9 Å². The van der Waals surface area contributed by atoms with Crippen LogP contribution in [0.25, 0.3) is 10.6 Å². The van der Waals surface area contributed by atoms with E-state index in [1.807, 2.05) is 29.6 Å². The topological polar surface area (TPSA) is 96.5 Å². The van der Waals surface area contributed by atoms with Crippen molar-refractivity contribution in [3.8, 4) is 10.6 Å². The summed E-state index contributed by atoms with van der Waals surface area (Å²) in [6, 6.07) is 7.79. The summed E-state index contributed by atoms with van der Waals surface area (Å²) < 4.78 is 0. The lowest BCUT2D eigenvalue weighted by atomic mass is 10.1. The van der Waals surface area contributed by atoms with Crippen molar-refractivity contribution in [3.63, 3.8) is 0 Å². The average molecular weight is 319 g/mol. The lowest BCUT2D eigenvalue weighted by molar-refractivity contribution is -0.143. The second kappa shape index (κ2) is 7.15. The van der Waals surface area contributed by atoms with E-state index in [1.165, 1.54) is 23.3 Å². The fraction of sp³-hybridized carbons (Fsp3) is 0.267. The van der Waals surface area contributed by atoms with Gasteiger partial charge in [-0.2, -0.15) is 0 Å². The first-order valence-electron chi connectivity index (χ1n) is 6.69. The van der Waals surface area contributed by atoms with E-state index in [0.717, 1.165) is 16.1 Å². The molecule has 1 amide bonds. The number of aromatic nitrogens is 1. The van der Waals surface area contributed by atoms with Crippen LogP contribution in [0.4, 0.5) is 0 Å². The van der Waals surface area contributed by atoms with Gasteiger partial charge in [0, 0.05) is 24.5 Å². The molecule has 0 fully saturated rings. The van der Waals surface area contributed by atoms with Gasteiger partial charge in [0.2, 0.25) is 5.91 Å². The maximum Gasteiger partial charge on any atom is 0.323 e. The number of carboxylic acid groups (broad SMARTS) is 1. The molecule has 0 aliphatic carbocycles. The number of rotatable bonds is 6. The molecule has 2 aromatic rings. The van der Waals surface area contributed by atoms with Gasteiger partial charge in [0.15, 0.2) is 0 Å². The number of hydrogen-bond acceptors (Lipinski definition) is 5. The van der Waals surface area contributed by atoms with Crippen LogP contribution >= 0.6 is 11.3 Å². The van der Waals surface area contributed by atoms with Gasteiger partial charge >= 0.3 is 5.97 Å². The highest BCUT2D eigenvalue weighted by atomic mass is 32.1. The Morgan fingerprint density at radius 2 is 2.00 bits per heavy atom. The van der Waals surface area contributed by atoms with Crippen molar-refractivity contribution in [3.05, 3.63) is 40.9 Å². The molecule has 3 N–H and O–H groups in total. The van der Waals surface area contributed by atoms with Gasteiger partial charge < -0.3 is 15.7 Å². The Bertz CT molecular complexity index is 667. The van der Waals surface area contributed by atoms with Crippen molar-refractivity contribution in [2.24, 2.45) is 5.73 Å². The second-order valence-electron chi connectivity index (χ2n) is 4.87. The van der Waals surface area contributed by atoms with Crippen molar-refractivity contribution in [2.45, 2.75) is 13.0 Å². The van der Waals surface area contributed by atoms with Crippen molar-refractivity contribution >= 4 is 23.2 Å². The summed E-state index contributed by atoms with van der Waals surface area (Å²) in [5, 5.41) is 11.3. The van der Waals surface area contributed by atoms with Crippen LogP contribution in [0, 0.1) is 0 Å². The number of nitrogens with zero attached hydrogens (tertiary/aromatic N) is 2. The van der Waals surface area contributed by atoms with Gasteiger partial charge in [0.25, 0.3) is 0 Å². The smallest absolute Gasteiger partial charge is 0.323 e. The molecule has 1 aromatic carbocycles. The van der Waals surface area contributed by atoms with E-state index in [0.29, 0.717) is 12.2 Å². The Kier molecular flexibility index (Phi) is 5.24. The molecular formula is C15H17N3O3S. The summed E-state index contributed by atoms with van der Waals surface area (Å²) >= 11 is 1.45. The third kappa shape index (κ3) is 4.12. The summed E-state index contributed by atoms with van der Waals surface area (Å²) in [5.74, 6) is -1.30. The third-order valence-electron chi connectivity index (χ3n) is 3.12. The fourth-order valence-electron chi connectivity index (χ4n) is 1.89. The normalized spacial score (nSPS) is 10.5. The van der Waals surface area contributed by atoms with E-state index in [1.54, 1.807) is 0 Å². The molecule has 0 saturated heterocycles. The first-order chi connectivity index (χ1) is 10.5. The molecule has 0 unspecified atom stereocenters. The number of aliphatic carboxylic acids is 1. The number of amides is 1. The molecular weight excluding hydrogens is 302 g/mol. The summed E-state index contributed by atoms with van der Waals surface area (Å²) in [5.41, 5.74) is 8.23. The van der Waals surface area contributed by atoms with Gasteiger partial charge in [-0.25, -0.2) is 4.98 Å². The predicted molar refractivity (Wildman–Crippen MR) is 84.4 cm³/mol. The highest BCUT2D eigenvalue weighted by Gasteiger charge is 2.14. The fourth-order valence-corrected chi connectivity index (χ4v) is 2.71. The summed E-state index contributed by atoms with van der Waals surface area (Å²) in [4.78, 5) is 28.1. The zero-order chi connectivity index (χ0) is 16.1. The molecule has 0 saturated carbocycles. The van der Waals surface area contributed by atoms with Gasteiger partial charge in [-0.3, -0.25) is 9.59 Å². The van der Waals surface area contributed by atoms with Crippen molar-refractivity contribution < 1.29 is 14.7 Å². The van der Waals surface area contributed by atoms with Crippen LogP contribution in [0.3, 0.4) is 0 Å². The number of likely N-dealkylation sites (N-methyl/N-ethyl adjacent to an activating group) is 1. The van der Waals surface area contributed by atoms with Crippen LogP contribution in [-0.2, 0) is 22.6 Å². The lowest BCUT2D eigenvalue weighted by Gasteiger charge is -2.13.